The van der Waals surface area contributed by atoms with Crippen LogP contribution in [0.1, 0.15) is 0 Å². The third kappa shape index (κ3) is 4.08. The molecule has 0 aliphatic rings. The average molecular weight is 340 g/mol. The van der Waals surface area contributed by atoms with E-state index in [1.54, 1.807) is 24.3 Å². The zero-order valence-corrected chi connectivity index (χ0v) is 12.3. The summed E-state index contributed by atoms with van der Waals surface area (Å²) in [4.78, 5) is 12.3. The molecule has 2 nitrogen and oxygen atoms in total. The summed E-state index contributed by atoms with van der Waals surface area (Å²) in [5.74, 6) is -0.302. The number of hydrogen-bond acceptors (Lipinski definition) is 2. The van der Waals surface area contributed by atoms with E-state index < -0.39 is 0 Å². The fraction of sp³-hybridized carbons (Fsp3) is 0.0714. The Morgan fingerprint density at radius 3 is 2.58 bits per heavy atom. The molecule has 2 aromatic carbocycles. The van der Waals surface area contributed by atoms with Crippen LogP contribution in [0.2, 0.25) is 0 Å². The van der Waals surface area contributed by atoms with Crippen LogP contribution in [0.4, 0.5) is 10.1 Å². The molecule has 0 fully saturated rings. The van der Waals surface area contributed by atoms with E-state index in [0.29, 0.717) is 10.6 Å². The highest BCUT2D eigenvalue weighted by atomic mass is 79.9. The van der Waals surface area contributed by atoms with Crippen molar-refractivity contribution in [2.75, 3.05) is 11.1 Å². The lowest BCUT2D eigenvalue weighted by molar-refractivity contribution is -0.113. The number of para-hydroxylation sites is 1. The average Bonchev–Trinajstić information content (AvgIpc) is 2.40. The Bertz CT molecular complexity index is 591. The first-order valence-corrected chi connectivity index (χ1v) is 7.36. The Balaban J connectivity index is 1.92. The normalized spacial score (nSPS) is 10.2. The molecular formula is C14H11BrFNOS. The van der Waals surface area contributed by atoms with Gasteiger partial charge >= 0.3 is 0 Å². The minimum absolute atomic E-state index is 0.167. The number of carbonyl (C=O) groups is 1. The maximum absolute atomic E-state index is 13.4. The zero-order valence-electron chi connectivity index (χ0n) is 9.90. The first kappa shape index (κ1) is 14.1. The minimum atomic E-state index is -0.304. The summed E-state index contributed by atoms with van der Waals surface area (Å²) in [5.41, 5.74) is 0.710. The Hall–Kier alpha value is -1.33. The van der Waals surface area contributed by atoms with E-state index in [2.05, 4.69) is 21.2 Å². The van der Waals surface area contributed by atoms with Gasteiger partial charge in [-0.05, 0) is 40.2 Å². The van der Waals surface area contributed by atoms with Gasteiger partial charge in [0.15, 0.2) is 0 Å². The highest BCUT2D eigenvalue weighted by molar-refractivity contribution is 9.10. The number of hydrogen-bond donors (Lipinski definition) is 1. The maximum Gasteiger partial charge on any atom is 0.234 e. The molecule has 5 heteroatoms. The second kappa shape index (κ2) is 6.73. The quantitative estimate of drug-likeness (QED) is 0.840. The molecule has 1 amide bonds. The van der Waals surface area contributed by atoms with E-state index in [9.17, 15) is 9.18 Å². The molecule has 0 bridgehead atoms. The first-order valence-electron chi connectivity index (χ1n) is 5.58. The van der Waals surface area contributed by atoms with Crippen molar-refractivity contribution in [2.24, 2.45) is 0 Å². The molecule has 0 saturated heterocycles. The van der Waals surface area contributed by atoms with Gasteiger partial charge in [-0.3, -0.25) is 4.79 Å². The lowest BCUT2D eigenvalue weighted by atomic mass is 10.3. The van der Waals surface area contributed by atoms with Crippen LogP contribution in [0.25, 0.3) is 0 Å². The Morgan fingerprint density at radius 1 is 1.16 bits per heavy atom. The summed E-state index contributed by atoms with van der Waals surface area (Å²) in [6.45, 7) is 0. The van der Waals surface area contributed by atoms with E-state index in [1.807, 2.05) is 18.2 Å². The number of anilines is 1. The zero-order chi connectivity index (χ0) is 13.7. The summed E-state index contributed by atoms with van der Waals surface area (Å²) >= 11 is 4.53. The molecule has 2 aromatic rings. The third-order valence-corrected chi connectivity index (χ3v) is 4.08. The summed E-state index contributed by atoms with van der Waals surface area (Å²) in [6.07, 6.45) is 0. The van der Waals surface area contributed by atoms with E-state index in [-0.39, 0.29) is 17.5 Å². The van der Waals surface area contributed by atoms with Crippen LogP contribution in [-0.2, 0) is 4.79 Å². The van der Waals surface area contributed by atoms with Gasteiger partial charge in [0.1, 0.15) is 5.82 Å². The lowest BCUT2D eigenvalue weighted by Crippen LogP contribution is -2.14. The van der Waals surface area contributed by atoms with Crippen LogP contribution in [0.3, 0.4) is 0 Å². The van der Waals surface area contributed by atoms with Crippen LogP contribution in [0, 0.1) is 5.82 Å². The molecule has 19 heavy (non-hydrogen) atoms. The van der Waals surface area contributed by atoms with Crippen molar-refractivity contribution in [1.82, 2.24) is 0 Å². The van der Waals surface area contributed by atoms with Gasteiger partial charge in [0.25, 0.3) is 0 Å². The van der Waals surface area contributed by atoms with E-state index in [4.69, 9.17) is 0 Å². The first-order chi connectivity index (χ1) is 9.16. The summed E-state index contributed by atoms with van der Waals surface area (Å²) in [5, 5.41) is 2.77. The Morgan fingerprint density at radius 2 is 1.84 bits per heavy atom. The lowest BCUT2D eigenvalue weighted by Gasteiger charge is -2.07. The molecule has 2 rings (SSSR count). The van der Waals surface area contributed by atoms with Crippen LogP contribution in [-0.4, -0.2) is 11.7 Å². The van der Waals surface area contributed by atoms with Crippen molar-refractivity contribution in [3.05, 3.63) is 58.8 Å². The number of thioether (sulfide) groups is 1. The molecule has 1 N–H and O–H groups in total. The molecule has 0 spiro atoms. The monoisotopic (exact) mass is 339 g/mol. The van der Waals surface area contributed by atoms with Gasteiger partial charge in [-0.25, -0.2) is 4.39 Å². The van der Waals surface area contributed by atoms with Gasteiger partial charge < -0.3 is 5.32 Å². The number of amides is 1. The van der Waals surface area contributed by atoms with Crippen molar-refractivity contribution < 1.29 is 9.18 Å². The highest BCUT2D eigenvalue weighted by Gasteiger charge is 2.07. The van der Waals surface area contributed by atoms with Crippen molar-refractivity contribution >= 4 is 39.3 Å². The topological polar surface area (TPSA) is 29.1 Å². The second-order valence-electron chi connectivity index (χ2n) is 3.75. The second-order valence-corrected chi connectivity index (χ2v) is 5.62. The molecule has 0 atom stereocenters. The molecule has 0 aliphatic carbocycles. The number of rotatable bonds is 4. The van der Waals surface area contributed by atoms with Crippen LogP contribution >= 0.6 is 27.7 Å². The van der Waals surface area contributed by atoms with Gasteiger partial charge in [-0.1, -0.05) is 24.3 Å². The molecular weight excluding hydrogens is 329 g/mol. The molecule has 0 radical (unpaired) electrons. The SMILES string of the molecule is O=C(CSc1ccccc1F)Nc1ccccc1Br. The van der Waals surface area contributed by atoms with Crippen LogP contribution in [0.15, 0.2) is 57.9 Å². The Labute approximate surface area is 123 Å². The number of halogens is 2. The van der Waals surface area contributed by atoms with Gasteiger partial charge in [0.05, 0.1) is 11.4 Å². The highest BCUT2D eigenvalue weighted by Crippen LogP contribution is 2.23. The number of benzene rings is 2. The smallest absolute Gasteiger partial charge is 0.234 e. The third-order valence-electron chi connectivity index (χ3n) is 2.34. The van der Waals surface area contributed by atoms with Crippen molar-refractivity contribution in [3.8, 4) is 0 Å². The standard InChI is InChI=1S/C14H11BrFNOS/c15-10-5-1-3-7-12(10)17-14(18)9-19-13-8-4-2-6-11(13)16/h1-8H,9H2,(H,17,18). The minimum Gasteiger partial charge on any atom is -0.324 e. The maximum atomic E-state index is 13.4. The summed E-state index contributed by atoms with van der Waals surface area (Å²) in [6, 6.07) is 13.8. The molecule has 0 saturated carbocycles. The number of carbonyl (C=O) groups excluding carboxylic acids is 1. The van der Waals surface area contributed by atoms with Gasteiger partial charge in [0.2, 0.25) is 5.91 Å². The molecule has 98 valence electrons. The van der Waals surface area contributed by atoms with Crippen molar-refractivity contribution in [3.63, 3.8) is 0 Å². The van der Waals surface area contributed by atoms with Crippen LogP contribution < -0.4 is 5.32 Å². The van der Waals surface area contributed by atoms with Crippen LogP contribution in [0.5, 0.6) is 0 Å². The fourth-order valence-electron chi connectivity index (χ4n) is 1.45. The summed E-state index contributed by atoms with van der Waals surface area (Å²) < 4.78 is 14.2. The van der Waals surface area contributed by atoms with E-state index in [0.717, 1.165) is 4.47 Å². The fourth-order valence-corrected chi connectivity index (χ4v) is 2.58. The molecule has 0 aromatic heterocycles. The van der Waals surface area contributed by atoms with Gasteiger partial charge in [-0.2, -0.15) is 0 Å². The molecule has 0 heterocycles. The Kier molecular flexibility index (Phi) is 4.99. The van der Waals surface area contributed by atoms with E-state index >= 15 is 0 Å². The van der Waals surface area contributed by atoms with Gasteiger partial charge in [0, 0.05) is 9.37 Å². The largest absolute Gasteiger partial charge is 0.324 e. The number of nitrogens with one attached hydrogen (secondary N) is 1. The van der Waals surface area contributed by atoms with Gasteiger partial charge in [-0.15, -0.1) is 11.8 Å². The van der Waals surface area contributed by atoms with Crippen molar-refractivity contribution in [1.29, 1.82) is 0 Å². The molecule has 0 aliphatic heterocycles. The predicted octanol–water partition coefficient (Wildman–Crippen LogP) is 4.32. The van der Waals surface area contributed by atoms with E-state index in [1.165, 1.54) is 17.8 Å². The predicted molar refractivity (Wildman–Crippen MR) is 79.9 cm³/mol. The van der Waals surface area contributed by atoms with Crippen molar-refractivity contribution in [2.45, 2.75) is 4.90 Å². The molecule has 0 unspecified atom stereocenters. The summed E-state index contributed by atoms with van der Waals surface area (Å²) in [7, 11) is 0.